The second kappa shape index (κ2) is 6.38. The van der Waals surface area contributed by atoms with E-state index < -0.39 is 0 Å². The molecule has 0 aliphatic carbocycles. The molecule has 2 nitrogen and oxygen atoms in total. The fourth-order valence-electron chi connectivity index (χ4n) is 0.991. The Balaban J connectivity index is 2.26. The fraction of sp³-hybridized carbons (Fsp3) is 0.364. The normalized spacial score (nSPS) is 10.6. The van der Waals surface area contributed by atoms with Gasteiger partial charge in [0.2, 0.25) is 5.91 Å². The molecule has 0 unspecified atom stereocenters. The zero-order valence-electron chi connectivity index (χ0n) is 8.32. The second-order valence-corrected chi connectivity index (χ2v) is 3.97. The molecule has 1 rings (SSSR count). The van der Waals surface area contributed by atoms with Crippen LogP contribution < -0.4 is 5.32 Å². The maximum Gasteiger partial charge on any atom is 0.244 e. The van der Waals surface area contributed by atoms with Crippen LogP contribution in [0, 0.1) is 0 Å². The third kappa shape index (κ3) is 4.23. The van der Waals surface area contributed by atoms with E-state index in [4.69, 9.17) is 0 Å². The Morgan fingerprint density at radius 2 is 2.50 bits per heavy atom. The predicted octanol–water partition coefficient (Wildman–Crippen LogP) is 2.68. The SMILES string of the molecule is CCCCNC(=O)/C=C/c1cccs1. The quantitative estimate of drug-likeness (QED) is 0.586. The van der Waals surface area contributed by atoms with Crippen molar-refractivity contribution in [2.75, 3.05) is 6.54 Å². The highest BCUT2D eigenvalue weighted by Crippen LogP contribution is 2.09. The summed E-state index contributed by atoms with van der Waals surface area (Å²) in [7, 11) is 0. The van der Waals surface area contributed by atoms with Crippen LogP contribution in [0.3, 0.4) is 0 Å². The predicted molar refractivity (Wildman–Crippen MR) is 61.3 cm³/mol. The van der Waals surface area contributed by atoms with E-state index in [1.54, 1.807) is 17.4 Å². The third-order valence-electron chi connectivity index (χ3n) is 1.77. The first-order valence-electron chi connectivity index (χ1n) is 4.82. The van der Waals surface area contributed by atoms with Crippen LogP contribution in [0.2, 0.25) is 0 Å². The van der Waals surface area contributed by atoms with Crippen LogP contribution in [0.1, 0.15) is 24.6 Å². The molecular formula is C11H15NOS. The van der Waals surface area contributed by atoms with E-state index in [0.29, 0.717) is 0 Å². The minimum atomic E-state index is -0.00755. The van der Waals surface area contributed by atoms with E-state index in [9.17, 15) is 4.79 Å². The third-order valence-corrected chi connectivity index (χ3v) is 2.61. The molecule has 0 fully saturated rings. The van der Waals surface area contributed by atoms with E-state index >= 15 is 0 Å². The van der Waals surface area contributed by atoms with Crippen LogP contribution in [-0.4, -0.2) is 12.5 Å². The zero-order chi connectivity index (χ0) is 10.2. The van der Waals surface area contributed by atoms with Gasteiger partial charge in [0, 0.05) is 17.5 Å². The van der Waals surface area contributed by atoms with E-state index in [2.05, 4.69) is 12.2 Å². The van der Waals surface area contributed by atoms with Gasteiger partial charge in [0.05, 0.1) is 0 Å². The van der Waals surface area contributed by atoms with Crippen molar-refractivity contribution in [3.63, 3.8) is 0 Å². The molecule has 3 heteroatoms. The topological polar surface area (TPSA) is 29.1 Å². The maximum atomic E-state index is 11.2. The summed E-state index contributed by atoms with van der Waals surface area (Å²) >= 11 is 1.63. The van der Waals surface area contributed by atoms with E-state index in [0.717, 1.165) is 24.3 Å². The lowest BCUT2D eigenvalue weighted by molar-refractivity contribution is -0.116. The summed E-state index contributed by atoms with van der Waals surface area (Å²) in [4.78, 5) is 12.3. The first-order chi connectivity index (χ1) is 6.83. The van der Waals surface area contributed by atoms with Gasteiger partial charge in [-0.2, -0.15) is 0 Å². The lowest BCUT2D eigenvalue weighted by Gasteiger charge is -1.98. The molecular weight excluding hydrogens is 194 g/mol. The van der Waals surface area contributed by atoms with Crippen molar-refractivity contribution in [1.29, 1.82) is 0 Å². The summed E-state index contributed by atoms with van der Waals surface area (Å²) in [5.41, 5.74) is 0. The van der Waals surface area contributed by atoms with Crippen LogP contribution in [0.4, 0.5) is 0 Å². The fourth-order valence-corrected chi connectivity index (χ4v) is 1.61. The number of amides is 1. The second-order valence-electron chi connectivity index (χ2n) is 2.99. The van der Waals surface area contributed by atoms with Crippen molar-refractivity contribution in [2.45, 2.75) is 19.8 Å². The highest BCUT2D eigenvalue weighted by molar-refractivity contribution is 7.10. The molecule has 76 valence electrons. The molecule has 1 heterocycles. The molecule has 14 heavy (non-hydrogen) atoms. The molecule has 1 aromatic rings. The van der Waals surface area contributed by atoms with Crippen LogP contribution in [-0.2, 0) is 4.79 Å². The van der Waals surface area contributed by atoms with Gasteiger partial charge < -0.3 is 5.32 Å². The Bertz CT molecular complexity index is 290. The van der Waals surface area contributed by atoms with Gasteiger partial charge >= 0.3 is 0 Å². The molecule has 0 saturated carbocycles. The van der Waals surface area contributed by atoms with Gasteiger partial charge in [0.25, 0.3) is 0 Å². The summed E-state index contributed by atoms with van der Waals surface area (Å²) in [5.74, 6) is -0.00755. The van der Waals surface area contributed by atoms with Crippen LogP contribution in [0.15, 0.2) is 23.6 Å². The van der Waals surface area contributed by atoms with Crippen LogP contribution in [0.25, 0.3) is 6.08 Å². The molecule has 1 amide bonds. The van der Waals surface area contributed by atoms with E-state index in [1.165, 1.54) is 0 Å². The van der Waals surface area contributed by atoms with Gasteiger partial charge in [-0.1, -0.05) is 19.4 Å². The molecule has 1 aromatic heterocycles. The number of hydrogen-bond donors (Lipinski definition) is 1. The molecule has 0 atom stereocenters. The smallest absolute Gasteiger partial charge is 0.244 e. The maximum absolute atomic E-state index is 11.2. The van der Waals surface area contributed by atoms with Gasteiger partial charge in [-0.25, -0.2) is 0 Å². The Morgan fingerprint density at radius 1 is 1.64 bits per heavy atom. The highest BCUT2D eigenvalue weighted by atomic mass is 32.1. The summed E-state index contributed by atoms with van der Waals surface area (Å²) in [5, 5.41) is 4.82. The van der Waals surface area contributed by atoms with Crippen molar-refractivity contribution < 1.29 is 4.79 Å². The Hall–Kier alpha value is -1.09. The van der Waals surface area contributed by atoms with E-state index in [1.807, 2.05) is 23.6 Å². The van der Waals surface area contributed by atoms with E-state index in [-0.39, 0.29) is 5.91 Å². The first kappa shape index (κ1) is 11.0. The van der Waals surface area contributed by atoms with Crippen molar-refractivity contribution in [3.05, 3.63) is 28.5 Å². The Morgan fingerprint density at radius 3 is 3.14 bits per heavy atom. The number of unbranched alkanes of at least 4 members (excludes halogenated alkanes) is 1. The number of carbonyl (C=O) groups excluding carboxylic acids is 1. The Kier molecular flexibility index (Phi) is 5.00. The minimum absolute atomic E-state index is 0.00755. The number of rotatable bonds is 5. The summed E-state index contributed by atoms with van der Waals surface area (Å²) in [6, 6.07) is 3.96. The van der Waals surface area contributed by atoms with Gasteiger partial charge in [-0.15, -0.1) is 11.3 Å². The Labute approximate surface area is 88.6 Å². The minimum Gasteiger partial charge on any atom is -0.353 e. The van der Waals surface area contributed by atoms with Crippen molar-refractivity contribution >= 4 is 23.3 Å². The molecule has 0 spiro atoms. The monoisotopic (exact) mass is 209 g/mol. The molecule has 0 saturated heterocycles. The number of hydrogen-bond acceptors (Lipinski definition) is 2. The van der Waals surface area contributed by atoms with Gasteiger partial charge in [0.15, 0.2) is 0 Å². The lowest BCUT2D eigenvalue weighted by atomic mass is 10.3. The van der Waals surface area contributed by atoms with Crippen molar-refractivity contribution in [2.24, 2.45) is 0 Å². The zero-order valence-corrected chi connectivity index (χ0v) is 9.14. The molecule has 0 bridgehead atoms. The number of nitrogens with one attached hydrogen (secondary N) is 1. The van der Waals surface area contributed by atoms with Crippen LogP contribution in [0.5, 0.6) is 0 Å². The first-order valence-corrected chi connectivity index (χ1v) is 5.70. The van der Waals surface area contributed by atoms with Crippen molar-refractivity contribution in [3.8, 4) is 0 Å². The summed E-state index contributed by atoms with van der Waals surface area (Å²) < 4.78 is 0. The summed E-state index contributed by atoms with van der Waals surface area (Å²) in [6.45, 7) is 2.87. The van der Waals surface area contributed by atoms with Gasteiger partial charge in [-0.3, -0.25) is 4.79 Å². The molecule has 0 aliphatic heterocycles. The molecule has 0 radical (unpaired) electrons. The van der Waals surface area contributed by atoms with Crippen LogP contribution >= 0.6 is 11.3 Å². The molecule has 0 aromatic carbocycles. The molecule has 1 N–H and O–H groups in total. The van der Waals surface area contributed by atoms with Crippen molar-refractivity contribution in [1.82, 2.24) is 5.32 Å². The molecule has 0 aliphatic rings. The number of carbonyl (C=O) groups is 1. The average molecular weight is 209 g/mol. The van der Waals surface area contributed by atoms with Gasteiger partial charge in [0.1, 0.15) is 0 Å². The summed E-state index contributed by atoms with van der Waals surface area (Å²) in [6.07, 6.45) is 5.57. The lowest BCUT2D eigenvalue weighted by Crippen LogP contribution is -2.21. The highest BCUT2D eigenvalue weighted by Gasteiger charge is 1.93. The standard InChI is InChI=1S/C11H15NOS/c1-2-3-8-12-11(13)7-6-10-5-4-9-14-10/h4-7,9H,2-3,8H2,1H3,(H,12,13)/b7-6+. The van der Waals surface area contributed by atoms with Gasteiger partial charge in [-0.05, 0) is 23.9 Å². The largest absolute Gasteiger partial charge is 0.353 e. The average Bonchev–Trinajstić information content (AvgIpc) is 2.68. The number of thiophene rings is 1.